The van der Waals surface area contributed by atoms with Crippen molar-refractivity contribution in [2.45, 2.75) is 6.10 Å². The van der Waals surface area contributed by atoms with E-state index in [0.29, 0.717) is 26.2 Å². The Morgan fingerprint density at radius 2 is 2.00 bits per heavy atom. The molecule has 0 saturated carbocycles. The molecule has 2 heterocycles. The van der Waals surface area contributed by atoms with Crippen LogP contribution in [0.4, 0.5) is 9.18 Å². The number of benzene rings is 1. The summed E-state index contributed by atoms with van der Waals surface area (Å²) < 4.78 is 18.7. The van der Waals surface area contributed by atoms with E-state index in [2.05, 4.69) is 10.2 Å². The van der Waals surface area contributed by atoms with Crippen molar-refractivity contribution in [1.82, 2.24) is 15.1 Å². The number of nitrogens with one attached hydrogen (secondary N) is 1. The third-order valence-corrected chi connectivity index (χ3v) is 3.97. The molecule has 7 heteroatoms. The van der Waals surface area contributed by atoms with Crippen LogP contribution >= 0.6 is 0 Å². The Morgan fingerprint density at radius 3 is 2.68 bits per heavy atom. The molecule has 1 aromatic rings. The highest BCUT2D eigenvalue weighted by atomic mass is 19.1. The predicted octanol–water partition coefficient (Wildman–Crippen LogP) is 0.751. The summed E-state index contributed by atoms with van der Waals surface area (Å²) in [5, 5.41) is 2.51. The maximum Gasteiger partial charge on any atom is 0.324 e. The van der Waals surface area contributed by atoms with Crippen molar-refractivity contribution in [3.63, 3.8) is 0 Å². The van der Waals surface area contributed by atoms with Gasteiger partial charge in [0.05, 0.1) is 19.3 Å². The summed E-state index contributed by atoms with van der Waals surface area (Å²) in [5.74, 6) is -0.455. The van der Waals surface area contributed by atoms with Crippen molar-refractivity contribution in [1.29, 1.82) is 0 Å². The van der Waals surface area contributed by atoms with Gasteiger partial charge in [-0.3, -0.25) is 14.6 Å². The minimum Gasteiger partial charge on any atom is -0.371 e. The van der Waals surface area contributed by atoms with Crippen LogP contribution < -0.4 is 5.32 Å². The Bertz CT molecular complexity index is 548. The third-order valence-electron chi connectivity index (χ3n) is 3.97. The zero-order chi connectivity index (χ0) is 15.5. The molecule has 0 radical (unpaired) electrons. The molecule has 1 N–H and O–H groups in total. The van der Waals surface area contributed by atoms with Gasteiger partial charge in [-0.05, 0) is 17.7 Å². The third kappa shape index (κ3) is 3.26. The summed E-state index contributed by atoms with van der Waals surface area (Å²) in [6.45, 7) is 3.06. The number of halogens is 1. The molecule has 1 aromatic carbocycles. The van der Waals surface area contributed by atoms with E-state index < -0.39 is 0 Å². The molecule has 0 bridgehead atoms. The number of nitrogens with zero attached hydrogens (tertiary/aromatic N) is 2. The summed E-state index contributed by atoms with van der Waals surface area (Å²) in [7, 11) is 0. The van der Waals surface area contributed by atoms with E-state index in [-0.39, 0.29) is 30.4 Å². The van der Waals surface area contributed by atoms with Crippen LogP contribution in [0, 0.1) is 5.82 Å². The van der Waals surface area contributed by atoms with Crippen molar-refractivity contribution >= 4 is 11.9 Å². The molecular weight excluding hydrogens is 289 g/mol. The standard InChI is InChI=1S/C15H18FN3O3/c16-12-3-1-11(2-4-12)13-10-18(7-8-22-13)5-6-19-14(20)9-17-15(19)21/h1-4,13H,5-10H2,(H,17,21)/t13-/m0/s1. The minimum atomic E-state index is -0.326. The molecule has 22 heavy (non-hydrogen) atoms. The van der Waals surface area contributed by atoms with Crippen molar-refractivity contribution < 1.29 is 18.7 Å². The molecule has 0 spiro atoms. The molecule has 2 saturated heterocycles. The van der Waals surface area contributed by atoms with Gasteiger partial charge < -0.3 is 10.1 Å². The van der Waals surface area contributed by atoms with Gasteiger partial charge in [-0.1, -0.05) is 12.1 Å². The summed E-state index contributed by atoms with van der Waals surface area (Å²) in [6.07, 6.45) is -0.113. The van der Waals surface area contributed by atoms with Crippen molar-refractivity contribution in [2.75, 3.05) is 39.3 Å². The van der Waals surface area contributed by atoms with Gasteiger partial charge in [0.2, 0.25) is 5.91 Å². The van der Waals surface area contributed by atoms with Gasteiger partial charge in [0.1, 0.15) is 5.82 Å². The molecule has 0 unspecified atom stereocenters. The monoisotopic (exact) mass is 307 g/mol. The summed E-state index contributed by atoms with van der Waals surface area (Å²) in [5.41, 5.74) is 0.932. The van der Waals surface area contributed by atoms with Crippen LogP contribution in [0.1, 0.15) is 11.7 Å². The fourth-order valence-electron chi connectivity index (χ4n) is 2.71. The minimum absolute atomic E-state index is 0.0835. The first-order valence-corrected chi connectivity index (χ1v) is 7.31. The summed E-state index contributed by atoms with van der Waals surface area (Å²) in [6, 6.07) is 5.96. The highest BCUT2D eigenvalue weighted by molar-refractivity contribution is 6.01. The SMILES string of the molecule is O=C1CNC(=O)N1CCN1CCO[C@H](c2ccc(F)cc2)C1. The van der Waals surface area contributed by atoms with Gasteiger partial charge in [0, 0.05) is 26.2 Å². The highest BCUT2D eigenvalue weighted by Gasteiger charge is 2.29. The van der Waals surface area contributed by atoms with E-state index in [1.807, 2.05) is 0 Å². The maximum atomic E-state index is 13.0. The lowest BCUT2D eigenvalue weighted by atomic mass is 10.1. The number of rotatable bonds is 4. The molecule has 3 rings (SSSR count). The van der Waals surface area contributed by atoms with Gasteiger partial charge in [-0.2, -0.15) is 0 Å². The van der Waals surface area contributed by atoms with Gasteiger partial charge >= 0.3 is 6.03 Å². The number of hydrogen-bond donors (Lipinski definition) is 1. The number of carbonyl (C=O) groups is 2. The average Bonchev–Trinajstić information content (AvgIpc) is 2.85. The highest BCUT2D eigenvalue weighted by Crippen LogP contribution is 2.22. The van der Waals surface area contributed by atoms with Gasteiger partial charge in [0.15, 0.2) is 0 Å². The zero-order valence-electron chi connectivity index (χ0n) is 12.1. The van der Waals surface area contributed by atoms with E-state index in [4.69, 9.17) is 4.74 Å². The van der Waals surface area contributed by atoms with E-state index in [9.17, 15) is 14.0 Å². The second-order valence-electron chi connectivity index (χ2n) is 5.42. The Balaban J connectivity index is 1.55. The fourth-order valence-corrected chi connectivity index (χ4v) is 2.71. The molecule has 0 aliphatic carbocycles. The number of amides is 3. The molecule has 2 aliphatic rings. The largest absolute Gasteiger partial charge is 0.371 e. The molecule has 2 aliphatic heterocycles. The fraction of sp³-hybridized carbons (Fsp3) is 0.467. The molecule has 0 aromatic heterocycles. The lowest BCUT2D eigenvalue weighted by Gasteiger charge is -2.33. The van der Waals surface area contributed by atoms with Crippen molar-refractivity contribution in [3.05, 3.63) is 35.6 Å². The van der Waals surface area contributed by atoms with E-state index >= 15 is 0 Å². The number of morpholine rings is 1. The molecule has 2 fully saturated rings. The Kier molecular flexibility index (Phi) is 4.35. The first kappa shape index (κ1) is 14.9. The van der Waals surface area contributed by atoms with Crippen LogP contribution in [0.5, 0.6) is 0 Å². The number of carbonyl (C=O) groups excluding carboxylic acids is 2. The normalized spacial score (nSPS) is 23.0. The first-order chi connectivity index (χ1) is 10.6. The molecule has 118 valence electrons. The number of ether oxygens (including phenoxy) is 1. The topological polar surface area (TPSA) is 61.9 Å². The quantitative estimate of drug-likeness (QED) is 0.834. The second-order valence-corrected chi connectivity index (χ2v) is 5.42. The number of urea groups is 1. The first-order valence-electron chi connectivity index (χ1n) is 7.31. The van der Waals surface area contributed by atoms with Gasteiger partial charge in [-0.15, -0.1) is 0 Å². The Labute approximate surface area is 127 Å². The van der Waals surface area contributed by atoms with Crippen LogP contribution in [0.25, 0.3) is 0 Å². The summed E-state index contributed by atoms with van der Waals surface area (Å²) >= 11 is 0. The summed E-state index contributed by atoms with van der Waals surface area (Å²) in [4.78, 5) is 26.4. The van der Waals surface area contributed by atoms with Crippen molar-refractivity contribution in [3.8, 4) is 0 Å². The van der Waals surface area contributed by atoms with Gasteiger partial charge in [0.25, 0.3) is 0 Å². The average molecular weight is 307 g/mol. The van der Waals surface area contributed by atoms with E-state index in [1.165, 1.54) is 17.0 Å². The molecule has 3 amide bonds. The number of imide groups is 1. The predicted molar refractivity (Wildman–Crippen MR) is 76.6 cm³/mol. The van der Waals surface area contributed by atoms with Crippen LogP contribution in [-0.4, -0.2) is 61.1 Å². The molecule has 6 nitrogen and oxygen atoms in total. The second kappa shape index (κ2) is 6.41. The molecule has 1 atom stereocenters. The van der Waals surface area contributed by atoms with Crippen molar-refractivity contribution in [2.24, 2.45) is 0 Å². The Hall–Kier alpha value is -1.99. The molecular formula is C15H18FN3O3. The van der Waals surface area contributed by atoms with Crippen LogP contribution in [0.2, 0.25) is 0 Å². The smallest absolute Gasteiger partial charge is 0.324 e. The van der Waals surface area contributed by atoms with Crippen LogP contribution in [-0.2, 0) is 9.53 Å². The maximum absolute atomic E-state index is 13.0. The number of hydrogen-bond acceptors (Lipinski definition) is 4. The lowest BCUT2D eigenvalue weighted by molar-refractivity contribution is -0.125. The lowest BCUT2D eigenvalue weighted by Crippen LogP contribution is -2.44. The van der Waals surface area contributed by atoms with E-state index in [1.54, 1.807) is 12.1 Å². The van der Waals surface area contributed by atoms with Crippen LogP contribution in [0.15, 0.2) is 24.3 Å². The Morgan fingerprint density at radius 1 is 1.23 bits per heavy atom. The van der Waals surface area contributed by atoms with E-state index in [0.717, 1.165) is 12.1 Å². The van der Waals surface area contributed by atoms with Crippen LogP contribution in [0.3, 0.4) is 0 Å². The zero-order valence-corrected chi connectivity index (χ0v) is 12.1. The van der Waals surface area contributed by atoms with Gasteiger partial charge in [-0.25, -0.2) is 9.18 Å².